The van der Waals surface area contributed by atoms with Crippen molar-refractivity contribution in [2.45, 2.75) is 44.6 Å². The third-order valence-electron chi connectivity index (χ3n) is 8.29. The maximum Gasteiger partial charge on any atom is 0.333 e. The van der Waals surface area contributed by atoms with Gasteiger partial charge in [-0.2, -0.15) is 0 Å². The number of fused-ring (bicyclic) bond motifs is 1. The van der Waals surface area contributed by atoms with Crippen LogP contribution < -0.4 is 17.2 Å². The number of allylic oxidation sites excluding steroid dienone is 1. The zero-order chi connectivity index (χ0) is 28.4. The van der Waals surface area contributed by atoms with E-state index in [9.17, 15) is 22.8 Å². The normalized spacial score (nSPS) is 19.7. The molecule has 0 saturated carbocycles. The number of carbonyl (C=O) groups is 1. The molecule has 0 unspecified atom stereocenters. The molecule has 11 heteroatoms. The van der Waals surface area contributed by atoms with Crippen molar-refractivity contribution in [1.82, 2.24) is 18.9 Å². The quantitative estimate of drug-likeness (QED) is 0.532. The van der Waals surface area contributed by atoms with Crippen LogP contribution in [0.1, 0.15) is 49.5 Å². The second-order valence-electron chi connectivity index (χ2n) is 10.7. The van der Waals surface area contributed by atoms with E-state index in [1.165, 1.54) is 22.9 Å². The lowest BCUT2D eigenvalue weighted by Gasteiger charge is -2.37. The highest BCUT2D eigenvalue weighted by Gasteiger charge is 2.34. The van der Waals surface area contributed by atoms with Crippen molar-refractivity contribution in [3.8, 4) is 5.69 Å². The van der Waals surface area contributed by atoms with Gasteiger partial charge in [-0.05, 0) is 87.5 Å². The van der Waals surface area contributed by atoms with E-state index in [1.807, 2.05) is 4.90 Å². The minimum Gasteiger partial charge on any atom is -0.405 e. The molecule has 0 bridgehead atoms. The van der Waals surface area contributed by atoms with Gasteiger partial charge in [0.2, 0.25) is 5.91 Å². The molecule has 214 valence electrons. The summed E-state index contributed by atoms with van der Waals surface area (Å²) in [6, 6.07) is 3.06. The van der Waals surface area contributed by atoms with Gasteiger partial charge in [-0.15, -0.1) is 0 Å². The summed E-state index contributed by atoms with van der Waals surface area (Å²) in [7, 11) is 0. The third-order valence-corrected chi connectivity index (χ3v) is 8.29. The monoisotopic (exact) mass is 556 g/mol. The Morgan fingerprint density at radius 2 is 1.70 bits per heavy atom. The van der Waals surface area contributed by atoms with Gasteiger partial charge in [0.05, 0.1) is 11.4 Å². The van der Waals surface area contributed by atoms with Crippen LogP contribution in [0.5, 0.6) is 0 Å². The van der Waals surface area contributed by atoms with Crippen LogP contribution in [0.15, 0.2) is 52.9 Å². The summed E-state index contributed by atoms with van der Waals surface area (Å²) >= 11 is 0. The van der Waals surface area contributed by atoms with Crippen LogP contribution in [-0.4, -0.2) is 57.6 Å². The van der Waals surface area contributed by atoms with Crippen molar-refractivity contribution in [3.05, 3.63) is 81.6 Å². The average Bonchev–Trinajstić information content (AvgIpc) is 3.25. The van der Waals surface area contributed by atoms with Crippen LogP contribution in [0.2, 0.25) is 0 Å². The molecule has 8 nitrogen and oxygen atoms in total. The first kappa shape index (κ1) is 27.8. The van der Waals surface area contributed by atoms with E-state index in [1.54, 1.807) is 16.8 Å². The molecule has 3 heterocycles. The Morgan fingerprint density at radius 3 is 2.35 bits per heavy atom. The predicted octanol–water partition coefficient (Wildman–Crippen LogP) is 3.36. The highest BCUT2D eigenvalue weighted by Crippen LogP contribution is 2.32. The molecule has 2 saturated heterocycles. The first-order valence-electron chi connectivity index (χ1n) is 13.8. The standard InChI is InChI=1S/C29H35F3N6O2/c30-21-1-4-26-27(15-21)38(23-2-3-24(31)25(32)16-23)29(40)37(26)22-8-13-36(14-9-22)28(39)20-6-11-35(12-7-20)18-19(17-34)5-10-33/h2-3,5,10,15-17,20,22H,1,4,6-9,11-14,18,33-34H2/b10-5-,19-17+. The molecule has 0 atom stereocenters. The predicted molar refractivity (Wildman–Crippen MR) is 147 cm³/mol. The Morgan fingerprint density at radius 1 is 0.975 bits per heavy atom. The summed E-state index contributed by atoms with van der Waals surface area (Å²) in [5.74, 6) is -2.35. The van der Waals surface area contributed by atoms with E-state index in [-0.39, 0.29) is 35.8 Å². The Labute approximate surface area is 231 Å². The van der Waals surface area contributed by atoms with E-state index in [4.69, 9.17) is 11.5 Å². The van der Waals surface area contributed by atoms with Crippen molar-refractivity contribution in [3.63, 3.8) is 0 Å². The second kappa shape index (κ2) is 11.8. The topological polar surface area (TPSA) is 103 Å². The molecule has 3 aliphatic rings. The second-order valence-corrected chi connectivity index (χ2v) is 10.7. The van der Waals surface area contributed by atoms with Gasteiger partial charge in [-0.3, -0.25) is 18.8 Å². The molecular formula is C29H35F3N6O2. The summed E-state index contributed by atoms with van der Waals surface area (Å²) in [6.45, 7) is 3.33. The Hall–Kier alpha value is -3.73. The van der Waals surface area contributed by atoms with Crippen molar-refractivity contribution in [2.75, 3.05) is 32.7 Å². The number of piperidine rings is 2. The summed E-state index contributed by atoms with van der Waals surface area (Å²) < 4.78 is 44.8. The number of aromatic nitrogens is 2. The van der Waals surface area contributed by atoms with Crippen LogP contribution in [0.4, 0.5) is 13.2 Å². The number of imidazole rings is 1. The number of hydrogen-bond acceptors (Lipinski definition) is 5. The fourth-order valence-corrected chi connectivity index (χ4v) is 6.17. The van der Waals surface area contributed by atoms with Crippen LogP contribution in [-0.2, 0) is 11.2 Å². The van der Waals surface area contributed by atoms with Gasteiger partial charge in [0.25, 0.3) is 0 Å². The zero-order valence-electron chi connectivity index (χ0n) is 22.4. The maximum atomic E-state index is 14.3. The lowest BCUT2D eigenvalue weighted by Crippen LogP contribution is -2.46. The number of nitrogens with zero attached hydrogens (tertiary/aromatic N) is 4. The summed E-state index contributed by atoms with van der Waals surface area (Å²) in [5, 5.41) is 0. The van der Waals surface area contributed by atoms with E-state index in [0.717, 1.165) is 43.6 Å². The number of rotatable bonds is 6. The average molecular weight is 557 g/mol. The number of amides is 1. The number of benzene rings is 1. The van der Waals surface area contributed by atoms with E-state index in [0.29, 0.717) is 50.3 Å². The molecule has 4 N–H and O–H groups in total. The van der Waals surface area contributed by atoms with Gasteiger partial charge in [0.15, 0.2) is 11.6 Å². The van der Waals surface area contributed by atoms with Gasteiger partial charge in [0.1, 0.15) is 5.83 Å². The van der Waals surface area contributed by atoms with E-state index < -0.39 is 17.3 Å². The fraction of sp³-hybridized carbons (Fsp3) is 0.448. The smallest absolute Gasteiger partial charge is 0.333 e. The molecule has 5 rings (SSSR count). The van der Waals surface area contributed by atoms with Crippen molar-refractivity contribution in [1.29, 1.82) is 0 Å². The first-order chi connectivity index (χ1) is 19.3. The number of carbonyl (C=O) groups excluding carboxylic acids is 1. The molecule has 2 fully saturated rings. The SMILES string of the molecule is N/C=C\C(=C/N)CN1CCC(C(=O)N2CCC(n3c4c(n(-c5ccc(F)c(F)c5)c3=O)C=C(F)CC4)CC2)CC1. The van der Waals surface area contributed by atoms with Gasteiger partial charge in [-0.25, -0.2) is 18.0 Å². The van der Waals surface area contributed by atoms with Crippen LogP contribution >= 0.6 is 0 Å². The molecule has 1 aliphatic carbocycles. The molecule has 40 heavy (non-hydrogen) atoms. The third kappa shape index (κ3) is 5.47. The number of nitrogens with two attached hydrogens (primary N) is 2. The minimum absolute atomic E-state index is 0.0405. The highest BCUT2D eigenvalue weighted by atomic mass is 19.2. The van der Waals surface area contributed by atoms with Crippen LogP contribution in [0, 0.1) is 17.6 Å². The lowest BCUT2D eigenvalue weighted by atomic mass is 9.93. The Balaban J connectivity index is 1.27. The molecule has 1 aromatic heterocycles. The summed E-state index contributed by atoms with van der Waals surface area (Å²) in [6.07, 6.45) is 9.32. The molecule has 1 aromatic carbocycles. The zero-order valence-corrected chi connectivity index (χ0v) is 22.4. The lowest BCUT2D eigenvalue weighted by molar-refractivity contribution is -0.138. The van der Waals surface area contributed by atoms with Gasteiger partial charge in [-0.1, -0.05) is 0 Å². The highest BCUT2D eigenvalue weighted by molar-refractivity contribution is 5.79. The van der Waals surface area contributed by atoms with Crippen LogP contribution in [0.25, 0.3) is 11.8 Å². The Bertz CT molecular complexity index is 1410. The van der Waals surface area contributed by atoms with Crippen molar-refractivity contribution < 1.29 is 18.0 Å². The van der Waals surface area contributed by atoms with E-state index in [2.05, 4.69) is 4.90 Å². The molecule has 1 amide bonds. The first-order valence-corrected chi connectivity index (χ1v) is 13.8. The summed E-state index contributed by atoms with van der Waals surface area (Å²) in [5.41, 5.74) is 12.9. The van der Waals surface area contributed by atoms with Gasteiger partial charge < -0.3 is 16.4 Å². The molecule has 0 radical (unpaired) electrons. The maximum absolute atomic E-state index is 14.3. The van der Waals surface area contributed by atoms with E-state index >= 15 is 0 Å². The Kier molecular flexibility index (Phi) is 8.20. The summed E-state index contributed by atoms with van der Waals surface area (Å²) in [4.78, 5) is 31.1. The molecule has 2 aromatic rings. The molecule has 2 aliphatic heterocycles. The largest absolute Gasteiger partial charge is 0.405 e. The van der Waals surface area contributed by atoms with Crippen molar-refractivity contribution in [2.24, 2.45) is 17.4 Å². The van der Waals surface area contributed by atoms with Crippen molar-refractivity contribution >= 4 is 12.0 Å². The van der Waals surface area contributed by atoms with Crippen LogP contribution in [0.3, 0.4) is 0 Å². The molecular weight excluding hydrogens is 521 g/mol. The number of hydrogen-bond donors (Lipinski definition) is 2. The van der Waals surface area contributed by atoms with Gasteiger partial charge in [0, 0.05) is 49.8 Å². The minimum atomic E-state index is -1.08. The number of halogens is 3. The molecule has 0 spiro atoms. The fourth-order valence-electron chi connectivity index (χ4n) is 6.17. The van der Waals surface area contributed by atoms with Gasteiger partial charge >= 0.3 is 5.69 Å². The number of likely N-dealkylation sites (tertiary alicyclic amines) is 2.